The molecule has 0 heterocycles. The Kier molecular flexibility index (Phi) is 4.94. The number of hydrogen-bond donors (Lipinski definition) is 3. The number of hydrogen-bond acceptors (Lipinski definition) is 4. The maximum Gasteiger partial charge on any atom is 0.328 e. The molecule has 8 heteroatoms. The van der Waals surface area contributed by atoms with Crippen molar-refractivity contribution in [3.8, 4) is 0 Å². The highest BCUT2D eigenvalue weighted by Crippen LogP contribution is 2.13. The molecule has 1 rings (SSSR count). The van der Waals surface area contributed by atoms with Crippen LogP contribution in [0.1, 0.15) is 6.92 Å². The van der Waals surface area contributed by atoms with Crippen LogP contribution in [0.2, 0.25) is 5.02 Å². The van der Waals surface area contributed by atoms with Gasteiger partial charge in [0.1, 0.15) is 0 Å². The first-order chi connectivity index (χ1) is 8.31. The number of halogens is 1. The van der Waals surface area contributed by atoms with Crippen LogP contribution in [0, 0.1) is 0 Å². The maximum atomic E-state index is 11.7. The van der Waals surface area contributed by atoms with E-state index < -0.39 is 22.2 Å². The monoisotopic (exact) mass is 292 g/mol. The predicted octanol–water partition coefficient (Wildman–Crippen LogP) is 0.709. The van der Waals surface area contributed by atoms with Gasteiger partial charge in [-0.1, -0.05) is 11.6 Å². The maximum absolute atomic E-state index is 11.7. The smallest absolute Gasteiger partial charge is 0.328 e. The van der Waals surface area contributed by atoms with Gasteiger partial charge in [-0.15, -0.1) is 0 Å². The van der Waals surface area contributed by atoms with Gasteiger partial charge in [0.15, 0.2) is 0 Å². The number of benzene rings is 1. The molecular formula is C10H13ClN2O4S. The zero-order chi connectivity index (χ0) is 13.8. The molecule has 0 bridgehead atoms. The van der Waals surface area contributed by atoms with Gasteiger partial charge in [-0.25, -0.2) is 17.9 Å². The molecule has 3 N–H and O–H groups in total. The van der Waals surface area contributed by atoms with Crippen LogP contribution in [-0.4, -0.2) is 32.2 Å². The van der Waals surface area contributed by atoms with Crippen LogP contribution in [0.4, 0.5) is 4.79 Å². The molecule has 0 saturated carbocycles. The number of amides is 2. The van der Waals surface area contributed by atoms with E-state index in [1.807, 2.05) is 4.72 Å². The van der Waals surface area contributed by atoms with E-state index in [4.69, 9.17) is 16.7 Å². The molecule has 1 atom stereocenters. The summed E-state index contributed by atoms with van der Waals surface area (Å²) in [4.78, 5) is 11.2. The van der Waals surface area contributed by atoms with E-state index in [1.165, 1.54) is 31.2 Å². The normalized spacial score (nSPS) is 12.8. The second-order valence-corrected chi connectivity index (χ2v) is 5.74. The number of urea groups is 1. The van der Waals surface area contributed by atoms with E-state index in [-0.39, 0.29) is 11.4 Å². The number of carbonyl (C=O) groups excluding carboxylic acids is 1. The Morgan fingerprint density at radius 1 is 1.39 bits per heavy atom. The van der Waals surface area contributed by atoms with Gasteiger partial charge >= 0.3 is 6.03 Å². The van der Waals surface area contributed by atoms with Crippen LogP contribution in [0.25, 0.3) is 0 Å². The molecule has 0 radical (unpaired) electrons. The third-order valence-corrected chi connectivity index (χ3v) is 3.51. The van der Waals surface area contributed by atoms with E-state index in [0.717, 1.165) is 0 Å². The molecule has 1 aromatic rings. The molecule has 0 spiro atoms. The van der Waals surface area contributed by atoms with Crippen LogP contribution in [0.5, 0.6) is 0 Å². The molecule has 0 aliphatic heterocycles. The van der Waals surface area contributed by atoms with Crippen LogP contribution in [0.15, 0.2) is 29.2 Å². The SMILES string of the molecule is CC(O)CNC(=O)NS(=O)(=O)c1ccc(Cl)cc1. The van der Waals surface area contributed by atoms with Crippen molar-refractivity contribution in [2.45, 2.75) is 17.9 Å². The second-order valence-electron chi connectivity index (χ2n) is 3.62. The predicted molar refractivity (Wildman–Crippen MR) is 66.9 cm³/mol. The molecule has 18 heavy (non-hydrogen) atoms. The second kappa shape index (κ2) is 6.03. The summed E-state index contributed by atoms with van der Waals surface area (Å²) in [6.45, 7) is 1.43. The Morgan fingerprint density at radius 3 is 2.44 bits per heavy atom. The first-order valence-corrected chi connectivity index (χ1v) is 6.91. The number of aliphatic hydroxyl groups is 1. The van der Waals surface area contributed by atoms with Crippen molar-refractivity contribution >= 4 is 27.7 Å². The number of carbonyl (C=O) groups is 1. The summed E-state index contributed by atoms with van der Waals surface area (Å²) >= 11 is 5.63. The zero-order valence-corrected chi connectivity index (χ0v) is 11.1. The Hall–Kier alpha value is -1.31. The molecule has 2 amide bonds. The fourth-order valence-corrected chi connectivity index (χ4v) is 2.13. The van der Waals surface area contributed by atoms with E-state index in [1.54, 1.807) is 0 Å². The quantitative estimate of drug-likeness (QED) is 0.761. The van der Waals surface area contributed by atoms with Crippen molar-refractivity contribution in [1.82, 2.24) is 10.0 Å². The molecule has 0 fully saturated rings. The summed E-state index contributed by atoms with van der Waals surface area (Å²) in [6, 6.07) is 4.48. The Labute approximate surface area is 110 Å². The standard InChI is InChI=1S/C10H13ClN2O4S/c1-7(14)6-12-10(15)13-18(16,17)9-4-2-8(11)3-5-9/h2-5,7,14H,6H2,1H3,(H2,12,13,15). The van der Waals surface area contributed by atoms with Gasteiger partial charge < -0.3 is 10.4 Å². The van der Waals surface area contributed by atoms with Crippen molar-refractivity contribution in [3.63, 3.8) is 0 Å². The Bertz CT molecular complexity index is 513. The minimum Gasteiger partial charge on any atom is -0.392 e. The zero-order valence-electron chi connectivity index (χ0n) is 9.55. The summed E-state index contributed by atoms with van der Waals surface area (Å²) in [7, 11) is -3.93. The van der Waals surface area contributed by atoms with E-state index in [0.29, 0.717) is 5.02 Å². The van der Waals surface area contributed by atoms with Crippen molar-refractivity contribution in [1.29, 1.82) is 0 Å². The lowest BCUT2D eigenvalue weighted by molar-refractivity contribution is 0.189. The fraction of sp³-hybridized carbons (Fsp3) is 0.300. The summed E-state index contributed by atoms with van der Waals surface area (Å²) in [5.41, 5.74) is 0. The van der Waals surface area contributed by atoms with Gasteiger partial charge in [-0.2, -0.15) is 0 Å². The number of rotatable bonds is 4. The molecule has 100 valence electrons. The topological polar surface area (TPSA) is 95.5 Å². The van der Waals surface area contributed by atoms with E-state index >= 15 is 0 Å². The first kappa shape index (κ1) is 14.7. The first-order valence-electron chi connectivity index (χ1n) is 5.05. The summed E-state index contributed by atoms with van der Waals surface area (Å²) in [5, 5.41) is 11.6. The number of nitrogens with one attached hydrogen (secondary N) is 2. The Balaban J connectivity index is 2.70. The lowest BCUT2D eigenvalue weighted by atomic mass is 10.4. The third-order valence-electron chi connectivity index (χ3n) is 1.91. The van der Waals surface area contributed by atoms with Crippen molar-refractivity contribution in [2.75, 3.05) is 6.54 Å². The van der Waals surface area contributed by atoms with Crippen LogP contribution < -0.4 is 10.0 Å². The van der Waals surface area contributed by atoms with Gasteiger partial charge in [0.2, 0.25) is 0 Å². The van der Waals surface area contributed by atoms with Crippen LogP contribution >= 0.6 is 11.6 Å². The highest BCUT2D eigenvalue weighted by molar-refractivity contribution is 7.90. The lowest BCUT2D eigenvalue weighted by Gasteiger charge is -2.09. The van der Waals surface area contributed by atoms with E-state index in [9.17, 15) is 13.2 Å². The molecule has 1 aromatic carbocycles. The van der Waals surface area contributed by atoms with Crippen molar-refractivity contribution < 1.29 is 18.3 Å². The summed E-state index contributed by atoms with van der Waals surface area (Å²) < 4.78 is 25.3. The largest absolute Gasteiger partial charge is 0.392 e. The molecular weight excluding hydrogens is 280 g/mol. The van der Waals surface area contributed by atoms with Crippen LogP contribution in [0.3, 0.4) is 0 Å². The van der Waals surface area contributed by atoms with Crippen molar-refractivity contribution in [2.24, 2.45) is 0 Å². The summed E-state index contributed by atoms with van der Waals surface area (Å²) in [6.07, 6.45) is -0.756. The number of sulfonamides is 1. The van der Waals surface area contributed by atoms with Gasteiger partial charge in [0.05, 0.1) is 11.0 Å². The van der Waals surface area contributed by atoms with Crippen molar-refractivity contribution in [3.05, 3.63) is 29.3 Å². The van der Waals surface area contributed by atoms with Crippen LogP contribution in [-0.2, 0) is 10.0 Å². The molecule has 1 unspecified atom stereocenters. The molecule has 0 aromatic heterocycles. The van der Waals surface area contributed by atoms with Gasteiger partial charge in [-0.05, 0) is 31.2 Å². The molecule has 0 aliphatic carbocycles. The summed E-state index contributed by atoms with van der Waals surface area (Å²) in [5.74, 6) is 0. The number of aliphatic hydroxyl groups excluding tert-OH is 1. The average molecular weight is 293 g/mol. The lowest BCUT2D eigenvalue weighted by Crippen LogP contribution is -2.41. The fourth-order valence-electron chi connectivity index (χ4n) is 1.07. The highest BCUT2D eigenvalue weighted by Gasteiger charge is 2.17. The third kappa shape index (κ3) is 4.52. The van der Waals surface area contributed by atoms with Gasteiger partial charge in [-0.3, -0.25) is 0 Å². The highest BCUT2D eigenvalue weighted by atomic mass is 35.5. The minimum absolute atomic E-state index is 0.0397. The van der Waals surface area contributed by atoms with Gasteiger partial charge in [0, 0.05) is 11.6 Å². The molecule has 6 nitrogen and oxygen atoms in total. The average Bonchev–Trinajstić information content (AvgIpc) is 2.26. The Morgan fingerprint density at radius 2 is 1.94 bits per heavy atom. The molecule has 0 saturated heterocycles. The van der Waals surface area contributed by atoms with Gasteiger partial charge in [0.25, 0.3) is 10.0 Å². The minimum atomic E-state index is -3.93. The molecule has 0 aliphatic rings. The van der Waals surface area contributed by atoms with E-state index in [2.05, 4.69) is 5.32 Å².